The van der Waals surface area contributed by atoms with Gasteiger partial charge >= 0.3 is 0 Å². The van der Waals surface area contributed by atoms with Gasteiger partial charge < -0.3 is 0 Å². The predicted octanol–water partition coefficient (Wildman–Crippen LogP) is 4.68. The Balaban J connectivity index is 1.72. The Morgan fingerprint density at radius 1 is 1.21 bits per heavy atom. The molecule has 2 aromatic rings. The topological polar surface area (TPSA) is 46.4 Å². The first-order chi connectivity index (χ1) is 11.5. The Morgan fingerprint density at radius 2 is 1.96 bits per heavy atom. The smallest absolute Gasteiger partial charge is 0.273 e. The molecule has 0 fully saturated rings. The lowest BCUT2D eigenvalue weighted by Gasteiger charge is -2.26. The van der Waals surface area contributed by atoms with Crippen molar-refractivity contribution in [3.63, 3.8) is 0 Å². The van der Waals surface area contributed by atoms with Gasteiger partial charge in [-0.25, -0.2) is 4.39 Å². The van der Waals surface area contributed by atoms with E-state index < -0.39 is 0 Å². The van der Waals surface area contributed by atoms with Crippen molar-refractivity contribution >= 4 is 22.9 Å². The van der Waals surface area contributed by atoms with Crippen LogP contribution in [-0.2, 0) is 6.54 Å². The second kappa shape index (κ2) is 7.11. The third kappa shape index (κ3) is 3.80. The van der Waals surface area contributed by atoms with E-state index in [4.69, 9.17) is 11.6 Å². The number of nitrogens with zero attached hydrogens (tertiary/aromatic N) is 2. The number of nitro groups is 1. The van der Waals surface area contributed by atoms with Crippen LogP contribution in [0.2, 0.25) is 5.02 Å². The number of halogens is 2. The van der Waals surface area contributed by atoms with Crippen LogP contribution in [0.1, 0.15) is 17.5 Å². The van der Waals surface area contributed by atoms with Crippen LogP contribution >= 0.6 is 11.6 Å². The Kier molecular flexibility index (Phi) is 4.92. The lowest BCUT2D eigenvalue weighted by Crippen LogP contribution is -2.28. The lowest BCUT2D eigenvalue weighted by molar-refractivity contribution is -0.385. The highest BCUT2D eigenvalue weighted by atomic mass is 35.5. The lowest BCUT2D eigenvalue weighted by atomic mass is 9.99. The fourth-order valence-electron chi connectivity index (χ4n) is 2.88. The van der Waals surface area contributed by atoms with E-state index in [1.54, 1.807) is 18.2 Å². The quantitative estimate of drug-likeness (QED) is 0.596. The Hall–Kier alpha value is -2.24. The molecule has 0 saturated heterocycles. The van der Waals surface area contributed by atoms with Crippen molar-refractivity contribution in [2.24, 2.45) is 0 Å². The molecule has 0 atom stereocenters. The molecule has 1 aliphatic rings. The van der Waals surface area contributed by atoms with Crippen LogP contribution in [0, 0.1) is 15.9 Å². The number of rotatable bonds is 4. The second-order valence-electron chi connectivity index (χ2n) is 5.75. The molecule has 6 heteroatoms. The minimum atomic E-state index is -0.380. The number of benzene rings is 2. The first-order valence-electron chi connectivity index (χ1n) is 7.63. The molecule has 1 aliphatic heterocycles. The van der Waals surface area contributed by atoms with Gasteiger partial charge in [0, 0.05) is 36.3 Å². The molecule has 0 bridgehead atoms. The molecule has 0 aliphatic carbocycles. The molecule has 0 aromatic heterocycles. The van der Waals surface area contributed by atoms with Gasteiger partial charge in [0.05, 0.1) is 4.92 Å². The van der Waals surface area contributed by atoms with Crippen LogP contribution in [0.4, 0.5) is 10.1 Å². The molecule has 0 saturated carbocycles. The fraction of sp³-hybridized carbons (Fsp3) is 0.222. The molecule has 4 nitrogen and oxygen atoms in total. The van der Waals surface area contributed by atoms with Crippen LogP contribution in [-0.4, -0.2) is 22.9 Å². The first-order valence-corrected chi connectivity index (χ1v) is 8.01. The standard InChI is InChI=1S/C18H16ClFN2O2/c19-16-3-6-18(22(23)24)15(11-16)12-21-9-7-14(8-10-21)13-1-4-17(20)5-2-13/h1-7,11H,8-10,12H2. The van der Waals surface area contributed by atoms with Gasteiger partial charge in [-0.15, -0.1) is 0 Å². The number of nitro benzene ring substituents is 1. The minimum Gasteiger partial charge on any atom is -0.295 e. The molecule has 1 heterocycles. The Morgan fingerprint density at radius 3 is 2.58 bits per heavy atom. The van der Waals surface area contributed by atoms with Gasteiger partial charge in [0.15, 0.2) is 0 Å². The van der Waals surface area contributed by atoms with Crippen LogP contribution in [0.15, 0.2) is 48.5 Å². The van der Waals surface area contributed by atoms with Gasteiger partial charge in [-0.3, -0.25) is 15.0 Å². The monoisotopic (exact) mass is 346 g/mol. The van der Waals surface area contributed by atoms with Gasteiger partial charge in [-0.2, -0.15) is 0 Å². The third-order valence-corrected chi connectivity index (χ3v) is 4.38. The molecule has 0 N–H and O–H groups in total. The summed E-state index contributed by atoms with van der Waals surface area (Å²) in [4.78, 5) is 12.9. The Bertz CT molecular complexity index is 790. The average molecular weight is 347 g/mol. The highest BCUT2D eigenvalue weighted by molar-refractivity contribution is 6.30. The third-order valence-electron chi connectivity index (χ3n) is 4.14. The zero-order chi connectivity index (χ0) is 17.1. The van der Waals surface area contributed by atoms with E-state index in [-0.39, 0.29) is 16.4 Å². The molecular weight excluding hydrogens is 331 g/mol. The number of hydrogen-bond donors (Lipinski definition) is 0. The molecule has 3 rings (SSSR count). The van der Waals surface area contributed by atoms with Crippen LogP contribution in [0.25, 0.3) is 5.57 Å². The molecule has 0 radical (unpaired) electrons. The van der Waals surface area contributed by atoms with E-state index in [1.165, 1.54) is 29.8 Å². The van der Waals surface area contributed by atoms with Crippen molar-refractivity contribution in [1.29, 1.82) is 0 Å². The molecule has 24 heavy (non-hydrogen) atoms. The van der Waals surface area contributed by atoms with Gasteiger partial charge in [0.25, 0.3) is 5.69 Å². The van der Waals surface area contributed by atoms with E-state index in [2.05, 4.69) is 11.0 Å². The van der Waals surface area contributed by atoms with E-state index in [9.17, 15) is 14.5 Å². The SMILES string of the molecule is O=[N+]([O-])c1ccc(Cl)cc1CN1CC=C(c2ccc(F)cc2)CC1. The van der Waals surface area contributed by atoms with Crippen LogP contribution < -0.4 is 0 Å². The zero-order valence-electron chi connectivity index (χ0n) is 12.9. The summed E-state index contributed by atoms with van der Waals surface area (Å²) in [6.45, 7) is 1.95. The molecule has 0 spiro atoms. The summed E-state index contributed by atoms with van der Waals surface area (Å²) in [5.41, 5.74) is 2.90. The average Bonchev–Trinajstić information content (AvgIpc) is 2.56. The summed E-state index contributed by atoms with van der Waals surface area (Å²) in [7, 11) is 0. The maximum absolute atomic E-state index is 13.0. The van der Waals surface area contributed by atoms with Crippen molar-refractivity contribution in [2.45, 2.75) is 13.0 Å². The molecule has 124 valence electrons. The summed E-state index contributed by atoms with van der Waals surface area (Å²) < 4.78 is 13.0. The second-order valence-corrected chi connectivity index (χ2v) is 6.19. The van der Waals surface area contributed by atoms with Crippen molar-refractivity contribution in [2.75, 3.05) is 13.1 Å². The highest BCUT2D eigenvalue weighted by Crippen LogP contribution is 2.27. The van der Waals surface area contributed by atoms with Crippen LogP contribution in [0.5, 0.6) is 0 Å². The summed E-state index contributed by atoms with van der Waals surface area (Å²) in [5, 5.41) is 11.6. The van der Waals surface area contributed by atoms with Gasteiger partial charge in [0.1, 0.15) is 5.82 Å². The largest absolute Gasteiger partial charge is 0.295 e. The van der Waals surface area contributed by atoms with Crippen molar-refractivity contribution in [3.8, 4) is 0 Å². The highest BCUT2D eigenvalue weighted by Gasteiger charge is 2.19. The van der Waals surface area contributed by atoms with E-state index in [0.29, 0.717) is 23.7 Å². The predicted molar refractivity (Wildman–Crippen MR) is 92.4 cm³/mol. The van der Waals surface area contributed by atoms with Gasteiger partial charge in [-0.05, 0) is 41.8 Å². The normalized spacial score (nSPS) is 15.2. The molecule has 0 unspecified atom stereocenters. The number of hydrogen-bond acceptors (Lipinski definition) is 3. The fourth-order valence-corrected chi connectivity index (χ4v) is 3.08. The zero-order valence-corrected chi connectivity index (χ0v) is 13.7. The van der Waals surface area contributed by atoms with E-state index in [1.807, 2.05) is 0 Å². The van der Waals surface area contributed by atoms with Crippen LogP contribution in [0.3, 0.4) is 0 Å². The minimum absolute atomic E-state index is 0.0905. The van der Waals surface area contributed by atoms with Gasteiger partial charge in [-0.1, -0.05) is 29.8 Å². The van der Waals surface area contributed by atoms with E-state index in [0.717, 1.165) is 18.5 Å². The maximum Gasteiger partial charge on any atom is 0.273 e. The Labute approximate surface area is 144 Å². The van der Waals surface area contributed by atoms with Crippen molar-refractivity contribution in [3.05, 3.63) is 80.6 Å². The molecular formula is C18H16ClFN2O2. The van der Waals surface area contributed by atoms with Crippen molar-refractivity contribution in [1.82, 2.24) is 4.90 Å². The molecule has 2 aromatic carbocycles. The van der Waals surface area contributed by atoms with Gasteiger partial charge in [0.2, 0.25) is 0 Å². The van der Waals surface area contributed by atoms with Crippen molar-refractivity contribution < 1.29 is 9.31 Å². The van der Waals surface area contributed by atoms with E-state index >= 15 is 0 Å². The summed E-state index contributed by atoms with van der Waals surface area (Å²) >= 11 is 5.97. The summed E-state index contributed by atoms with van der Waals surface area (Å²) in [6.07, 6.45) is 2.91. The summed E-state index contributed by atoms with van der Waals surface area (Å²) in [6, 6.07) is 11.1. The maximum atomic E-state index is 13.0. The molecule has 0 amide bonds. The summed E-state index contributed by atoms with van der Waals surface area (Å²) in [5.74, 6) is -0.245. The first kappa shape index (κ1) is 16.6.